The van der Waals surface area contributed by atoms with E-state index in [4.69, 9.17) is 4.74 Å². The number of benzene rings is 2. The van der Waals surface area contributed by atoms with E-state index in [1.165, 1.54) is 12.1 Å². The summed E-state index contributed by atoms with van der Waals surface area (Å²) in [5, 5.41) is 19.3. The topological polar surface area (TPSA) is 87.4 Å². The summed E-state index contributed by atoms with van der Waals surface area (Å²) in [6.45, 7) is 6.72. The summed E-state index contributed by atoms with van der Waals surface area (Å²) < 4.78 is 34.7. The van der Waals surface area contributed by atoms with E-state index in [0.29, 0.717) is 5.75 Å². The molecule has 0 amide bonds. The molecule has 0 aliphatic heterocycles. The number of nitrogens with zero attached hydrogens (tertiary/aromatic N) is 1. The highest BCUT2D eigenvalue weighted by Crippen LogP contribution is 2.75. The van der Waals surface area contributed by atoms with Gasteiger partial charge in [-0.3, -0.25) is 9.59 Å². The summed E-state index contributed by atoms with van der Waals surface area (Å²) in [7, 11) is 0. The fourth-order valence-corrected chi connectivity index (χ4v) is 5.19. The minimum atomic E-state index is -1.72. The maximum Gasteiger partial charge on any atom is 0.312 e. The summed E-state index contributed by atoms with van der Waals surface area (Å²) in [4.78, 5) is 24.7. The first kappa shape index (κ1) is 25.4. The molecule has 2 aromatic rings. The van der Waals surface area contributed by atoms with Crippen LogP contribution < -0.4 is 4.74 Å². The Morgan fingerprint density at radius 1 is 1.21 bits per heavy atom. The molecule has 1 aliphatic carbocycles. The molecule has 0 spiro atoms. The van der Waals surface area contributed by atoms with Crippen molar-refractivity contribution in [1.82, 2.24) is 0 Å². The van der Waals surface area contributed by atoms with Crippen molar-refractivity contribution >= 4 is 22.8 Å². The maximum atomic E-state index is 14.7. The minimum absolute atomic E-state index is 0.141. The molecule has 3 atom stereocenters. The smallest absolute Gasteiger partial charge is 0.312 e. The number of ether oxygens (including phenoxy) is 1. The van der Waals surface area contributed by atoms with Crippen molar-refractivity contribution in [2.24, 2.45) is 16.7 Å². The molecule has 5 nitrogen and oxygen atoms in total. The molecule has 3 rings (SSSR count). The van der Waals surface area contributed by atoms with Crippen molar-refractivity contribution in [3.05, 3.63) is 71.8 Å². The van der Waals surface area contributed by atoms with Crippen LogP contribution in [0.25, 0.3) is 0 Å². The normalized spacial score (nSPS) is 22.1. The van der Waals surface area contributed by atoms with E-state index in [2.05, 4.69) is 0 Å². The van der Waals surface area contributed by atoms with Gasteiger partial charge in [-0.05, 0) is 41.3 Å². The number of carbonyl (C=O) groups is 2. The Morgan fingerprint density at radius 2 is 1.85 bits per heavy atom. The summed E-state index contributed by atoms with van der Waals surface area (Å²) in [6.07, 6.45) is 1.01. The molecule has 1 unspecified atom stereocenters. The largest absolute Gasteiger partial charge is 0.481 e. The highest BCUT2D eigenvalue weighted by Gasteiger charge is 2.78. The third-order valence-corrected chi connectivity index (χ3v) is 7.18. The summed E-state index contributed by atoms with van der Waals surface area (Å²) in [5.74, 6) is -4.98. The second-order valence-corrected chi connectivity index (χ2v) is 10.6. The van der Waals surface area contributed by atoms with Gasteiger partial charge in [0.1, 0.15) is 11.2 Å². The average molecular weight is 486 g/mol. The molecule has 1 N–H and O–H groups in total. The van der Waals surface area contributed by atoms with Crippen LogP contribution in [0.15, 0.2) is 60.4 Å². The van der Waals surface area contributed by atoms with Crippen LogP contribution in [0, 0.1) is 33.9 Å². The van der Waals surface area contributed by atoms with E-state index < -0.39 is 45.4 Å². The molecular formula is C26H25F2NO4S. The van der Waals surface area contributed by atoms with Gasteiger partial charge < -0.3 is 9.84 Å². The molecule has 0 heterocycles. The fraction of sp³-hybridized carbons (Fsp3) is 0.346. The van der Waals surface area contributed by atoms with Gasteiger partial charge in [-0.25, -0.2) is 8.78 Å². The van der Waals surface area contributed by atoms with Crippen LogP contribution in [0.5, 0.6) is 11.5 Å². The van der Waals surface area contributed by atoms with Crippen molar-refractivity contribution in [2.45, 2.75) is 38.9 Å². The van der Waals surface area contributed by atoms with Gasteiger partial charge in [-0.1, -0.05) is 63.7 Å². The molecule has 0 bridgehead atoms. The number of rotatable bonds is 8. The highest BCUT2D eigenvalue weighted by atomic mass is 32.2. The molecule has 1 saturated carbocycles. The van der Waals surface area contributed by atoms with Crippen LogP contribution in [0.4, 0.5) is 8.78 Å². The first-order valence-electron chi connectivity index (χ1n) is 10.7. The molecule has 178 valence electrons. The van der Waals surface area contributed by atoms with Crippen molar-refractivity contribution in [2.75, 3.05) is 0 Å². The number of hydrogen-bond acceptors (Lipinski definition) is 5. The zero-order chi connectivity index (χ0) is 25.3. The number of carboxylic acid groups (broad SMARTS) is 1. The standard InChI is InChI=1S/C26H25F2NO4S/c1-15(2)34-23(30)20(28)13-22-25(3,4)26(22,24(31)32)18(14-29)16-10-11-19(27)21(12-16)33-17-8-6-5-7-9-17/h5-13,15,18,22H,1-4H3,(H,31,32)/t18?,22-,26+/m0/s1. The predicted molar refractivity (Wildman–Crippen MR) is 126 cm³/mol. The second-order valence-electron chi connectivity index (χ2n) is 9.01. The predicted octanol–water partition coefficient (Wildman–Crippen LogP) is 6.47. The third-order valence-electron chi connectivity index (χ3n) is 6.30. The van der Waals surface area contributed by atoms with Crippen LogP contribution in [-0.4, -0.2) is 21.4 Å². The van der Waals surface area contributed by atoms with E-state index in [-0.39, 0.29) is 16.6 Å². The Bertz CT molecular complexity index is 1170. The van der Waals surface area contributed by atoms with Gasteiger partial charge in [-0.2, -0.15) is 5.26 Å². The Hall–Kier alpha value is -3.18. The lowest BCUT2D eigenvalue weighted by Crippen LogP contribution is -2.29. The Morgan fingerprint density at radius 3 is 2.41 bits per heavy atom. The SMILES string of the molecule is CC(C)SC(=O)C(F)=C[C@H]1C(C)(C)[C@]1(C(=O)O)C(C#N)c1ccc(F)c(Oc2ccccc2)c1. The van der Waals surface area contributed by atoms with E-state index >= 15 is 0 Å². The third kappa shape index (κ3) is 4.45. The highest BCUT2D eigenvalue weighted by molar-refractivity contribution is 8.14. The van der Waals surface area contributed by atoms with Gasteiger partial charge in [0, 0.05) is 11.2 Å². The van der Waals surface area contributed by atoms with Crippen molar-refractivity contribution < 1.29 is 28.2 Å². The molecule has 1 fully saturated rings. The van der Waals surface area contributed by atoms with Crippen molar-refractivity contribution in [1.29, 1.82) is 5.26 Å². The maximum absolute atomic E-state index is 14.7. The summed E-state index contributed by atoms with van der Waals surface area (Å²) >= 11 is 0.803. The van der Waals surface area contributed by atoms with Gasteiger partial charge in [-0.15, -0.1) is 0 Å². The monoisotopic (exact) mass is 485 g/mol. The van der Waals surface area contributed by atoms with E-state index in [1.54, 1.807) is 58.0 Å². The van der Waals surface area contributed by atoms with Crippen LogP contribution in [0.2, 0.25) is 0 Å². The van der Waals surface area contributed by atoms with E-state index in [0.717, 1.165) is 23.9 Å². The minimum Gasteiger partial charge on any atom is -0.481 e. The average Bonchev–Trinajstić information content (AvgIpc) is 3.26. The van der Waals surface area contributed by atoms with Crippen LogP contribution in [-0.2, 0) is 9.59 Å². The van der Waals surface area contributed by atoms with Gasteiger partial charge in [0.15, 0.2) is 17.4 Å². The number of aliphatic carboxylic acids is 1. The number of nitriles is 1. The number of carbonyl (C=O) groups excluding carboxylic acids is 1. The first-order chi connectivity index (χ1) is 16.0. The van der Waals surface area contributed by atoms with Gasteiger partial charge in [0.2, 0.25) is 5.12 Å². The van der Waals surface area contributed by atoms with Gasteiger partial charge in [0.25, 0.3) is 0 Å². The Balaban J connectivity index is 2.02. The number of para-hydroxylation sites is 1. The molecular weight excluding hydrogens is 460 g/mol. The van der Waals surface area contributed by atoms with Crippen LogP contribution >= 0.6 is 11.8 Å². The Kier molecular flexibility index (Phi) is 7.18. The summed E-state index contributed by atoms with van der Waals surface area (Å²) in [6, 6.07) is 14.2. The summed E-state index contributed by atoms with van der Waals surface area (Å²) in [5.41, 5.74) is -2.54. The quantitative estimate of drug-likeness (QED) is 0.431. The molecule has 34 heavy (non-hydrogen) atoms. The second kappa shape index (κ2) is 9.59. The number of halogens is 2. The lowest BCUT2D eigenvalue weighted by Gasteiger charge is -2.22. The molecule has 0 radical (unpaired) electrons. The molecule has 2 aromatic carbocycles. The number of allylic oxidation sites excluding steroid dienone is 1. The van der Waals surface area contributed by atoms with Gasteiger partial charge in [0.05, 0.1) is 12.0 Å². The van der Waals surface area contributed by atoms with E-state index in [9.17, 15) is 28.7 Å². The zero-order valence-corrected chi connectivity index (χ0v) is 20.0. The lowest BCUT2D eigenvalue weighted by atomic mass is 9.78. The fourth-order valence-electron chi connectivity index (χ4n) is 4.58. The van der Waals surface area contributed by atoms with Crippen molar-refractivity contribution in [3.8, 4) is 17.6 Å². The number of thioether (sulfide) groups is 1. The first-order valence-corrected chi connectivity index (χ1v) is 11.6. The van der Waals surface area contributed by atoms with Crippen LogP contribution in [0.3, 0.4) is 0 Å². The number of carboxylic acids is 1. The molecule has 1 aliphatic rings. The lowest BCUT2D eigenvalue weighted by molar-refractivity contribution is -0.145. The van der Waals surface area contributed by atoms with Gasteiger partial charge >= 0.3 is 5.97 Å². The molecule has 8 heteroatoms. The van der Waals surface area contributed by atoms with E-state index in [1.807, 2.05) is 6.07 Å². The van der Waals surface area contributed by atoms with Crippen molar-refractivity contribution in [3.63, 3.8) is 0 Å². The molecule has 0 saturated heterocycles. The number of hydrogen-bond donors (Lipinski definition) is 1. The van der Waals surface area contributed by atoms with Crippen LogP contribution in [0.1, 0.15) is 39.2 Å². The zero-order valence-electron chi connectivity index (χ0n) is 19.2. The molecule has 0 aromatic heterocycles. The Labute approximate surface area is 201 Å².